The highest BCUT2D eigenvalue weighted by atomic mass is 19.1. The van der Waals surface area contributed by atoms with Gasteiger partial charge >= 0.3 is 5.97 Å². The minimum Gasteiger partial charge on any atom is -0.508 e. The topological polar surface area (TPSA) is 46.5 Å². The van der Waals surface area contributed by atoms with Crippen molar-refractivity contribution in [2.24, 2.45) is 0 Å². The van der Waals surface area contributed by atoms with Gasteiger partial charge in [0.25, 0.3) is 0 Å². The van der Waals surface area contributed by atoms with Gasteiger partial charge in [-0.2, -0.15) is 0 Å². The summed E-state index contributed by atoms with van der Waals surface area (Å²) < 4.78 is 17.8. The van der Waals surface area contributed by atoms with E-state index >= 15 is 0 Å². The monoisotopic (exact) mass is 246 g/mol. The van der Waals surface area contributed by atoms with Crippen LogP contribution in [0.1, 0.15) is 10.4 Å². The zero-order valence-corrected chi connectivity index (χ0v) is 9.68. The van der Waals surface area contributed by atoms with E-state index in [1.807, 2.05) is 0 Å². The number of halogens is 1. The second-order valence-corrected chi connectivity index (χ2v) is 3.77. The van der Waals surface area contributed by atoms with Crippen molar-refractivity contribution in [1.29, 1.82) is 0 Å². The number of esters is 1. The van der Waals surface area contributed by atoms with Crippen molar-refractivity contribution in [3.05, 3.63) is 53.8 Å². The average molecular weight is 246 g/mol. The molecule has 0 bridgehead atoms. The molecule has 0 aliphatic heterocycles. The van der Waals surface area contributed by atoms with Crippen LogP contribution < -0.4 is 0 Å². The van der Waals surface area contributed by atoms with E-state index in [1.54, 1.807) is 24.3 Å². The first-order chi connectivity index (χ1) is 8.60. The van der Waals surface area contributed by atoms with Crippen LogP contribution in [-0.4, -0.2) is 18.2 Å². The molecule has 18 heavy (non-hydrogen) atoms. The highest BCUT2D eigenvalue weighted by Crippen LogP contribution is 2.25. The van der Waals surface area contributed by atoms with Crippen molar-refractivity contribution in [3.63, 3.8) is 0 Å². The molecule has 0 unspecified atom stereocenters. The Labute approximate surface area is 103 Å². The normalized spacial score (nSPS) is 10.1. The quantitative estimate of drug-likeness (QED) is 0.828. The van der Waals surface area contributed by atoms with Gasteiger partial charge < -0.3 is 9.84 Å². The second kappa shape index (κ2) is 4.87. The van der Waals surface area contributed by atoms with Gasteiger partial charge in [0.05, 0.1) is 12.7 Å². The molecule has 0 heterocycles. The molecule has 0 saturated heterocycles. The Balaban J connectivity index is 2.47. The Morgan fingerprint density at radius 1 is 1.17 bits per heavy atom. The van der Waals surface area contributed by atoms with Crippen LogP contribution >= 0.6 is 0 Å². The Hall–Kier alpha value is -2.36. The number of methoxy groups -OCH3 is 1. The molecule has 2 rings (SSSR count). The number of benzene rings is 2. The van der Waals surface area contributed by atoms with E-state index in [0.29, 0.717) is 16.7 Å². The van der Waals surface area contributed by atoms with Crippen molar-refractivity contribution in [1.82, 2.24) is 0 Å². The third-order valence-corrected chi connectivity index (χ3v) is 2.50. The number of hydrogen-bond donors (Lipinski definition) is 1. The molecular weight excluding hydrogens is 235 g/mol. The van der Waals surface area contributed by atoms with Crippen LogP contribution in [0, 0.1) is 5.82 Å². The lowest BCUT2D eigenvalue weighted by molar-refractivity contribution is 0.0601. The second-order valence-electron chi connectivity index (χ2n) is 3.77. The van der Waals surface area contributed by atoms with E-state index in [2.05, 4.69) is 4.74 Å². The van der Waals surface area contributed by atoms with Gasteiger partial charge in [-0.1, -0.05) is 12.1 Å². The lowest BCUT2D eigenvalue weighted by Gasteiger charge is -2.05. The molecule has 3 nitrogen and oxygen atoms in total. The van der Waals surface area contributed by atoms with E-state index in [-0.39, 0.29) is 5.75 Å². The Morgan fingerprint density at radius 2 is 1.94 bits per heavy atom. The van der Waals surface area contributed by atoms with E-state index in [4.69, 9.17) is 0 Å². The van der Waals surface area contributed by atoms with Crippen LogP contribution in [0.2, 0.25) is 0 Å². The van der Waals surface area contributed by atoms with Gasteiger partial charge in [-0.25, -0.2) is 9.18 Å². The number of carbonyl (C=O) groups excluding carboxylic acids is 1. The summed E-state index contributed by atoms with van der Waals surface area (Å²) in [7, 11) is 1.29. The van der Waals surface area contributed by atoms with Gasteiger partial charge in [0.1, 0.15) is 11.6 Å². The minimum absolute atomic E-state index is 0.159. The summed E-state index contributed by atoms with van der Waals surface area (Å²) in [6.07, 6.45) is 0. The molecule has 2 aromatic rings. The van der Waals surface area contributed by atoms with Crippen molar-refractivity contribution in [2.45, 2.75) is 0 Å². The molecule has 0 aliphatic rings. The van der Waals surface area contributed by atoms with Gasteiger partial charge in [0.15, 0.2) is 0 Å². The largest absolute Gasteiger partial charge is 0.508 e. The Bertz CT molecular complexity index is 573. The fourth-order valence-electron chi connectivity index (χ4n) is 1.68. The number of ether oxygens (including phenoxy) is 1. The number of phenols is 1. The molecule has 1 N–H and O–H groups in total. The maximum atomic E-state index is 13.2. The number of carbonyl (C=O) groups is 1. The highest BCUT2D eigenvalue weighted by Gasteiger charge is 2.08. The third-order valence-electron chi connectivity index (χ3n) is 2.50. The van der Waals surface area contributed by atoms with Gasteiger partial charge in [-0.15, -0.1) is 0 Å². The number of rotatable bonds is 2. The summed E-state index contributed by atoms with van der Waals surface area (Å²) in [6, 6.07) is 10.3. The zero-order valence-electron chi connectivity index (χ0n) is 9.68. The summed E-state index contributed by atoms with van der Waals surface area (Å²) in [5.74, 6) is -1.15. The molecule has 0 amide bonds. The maximum absolute atomic E-state index is 13.2. The summed E-state index contributed by atoms with van der Waals surface area (Å²) >= 11 is 0. The smallest absolute Gasteiger partial charge is 0.337 e. The maximum Gasteiger partial charge on any atom is 0.337 e. The van der Waals surface area contributed by atoms with Crippen molar-refractivity contribution < 1.29 is 19.0 Å². The number of aromatic hydroxyl groups is 1. The van der Waals surface area contributed by atoms with Crippen LogP contribution in [0.4, 0.5) is 4.39 Å². The predicted molar refractivity (Wildman–Crippen MR) is 64.8 cm³/mol. The zero-order chi connectivity index (χ0) is 13.1. The molecule has 0 spiro atoms. The molecule has 0 atom stereocenters. The number of phenolic OH excluding ortho intramolecular Hbond substituents is 1. The lowest BCUT2D eigenvalue weighted by Crippen LogP contribution is -2.00. The molecule has 4 heteroatoms. The predicted octanol–water partition coefficient (Wildman–Crippen LogP) is 2.98. The van der Waals surface area contributed by atoms with Crippen LogP contribution in [0.5, 0.6) is 5.75 Å². The van der Waals surface area contributed by atoms with E-state index < -0.39 is 11.8 Å². The van der Waals surface area contributed by atoms with Crippen molar-refractivity contribution in [2.75, 3.05) is 7.11 Å². The first kappa shape index (κ1) is 12.1. The summed E-state index contributed by atoms with van der Waals surface area (Å²) in [5.41, 5.74) is 1.50. The molecule has 0 aliphatic carbocycles. The van der Waals surface area contributed by atoms with Gasteiger partial charge in [-0.3, -0.25) is 0 Å². The molecule has 0 fully saturated rings. The van der Waals surface area contributed by atoms with Gasteiger partial charge in [0.2, 0.25) is 0 Å². The molecular formula is C14H11FO3. The van der Waals surface area contributed by atoms with E-state index in [0.717, 1.165) is 6.07 Å². The molecule has 92 valence electrons. The Morgan fingerprint density at radius 3 is 2.61 bits per heavy atom. The average Bonchev–Trinajstić information content (AvgIpc) is 2.37. The molecule has 2 aromatic carbocycles. The van der Waals surface area contributed by atoms with Crippen LogP contribution in [0.25, 0.3) is 11.1 Å². The van der Waals surface area contributed by atoms with Crippen molar-refractivity contribution in [3.8, 4) is 16.9 Å². The standard InChI is InChI=1S/C14H11FO3/c1-18-14(17)10-4-2-3-9(5-10)11-6-12(15)8-13(16)7-11/h2-8,16H,1H3. The first-order valence-electron chi connectivity index (χ1n) is 5.28. The molecule has 0 aromatic heterocycles. The van der Waals surface area contributed by atoms with Gasteiger partial charge in [0, 0.05) is 6.07 Å². The molecule has 0 saturated carbocycles. The first-order valence-corrected chi connectivity index (χ1v) is 5.28. The lowest BCUT2D eigenvalue weighted by atomic mass is 10.0. The van der Waals surface area contributed by atoms with E-state index in [9.17, 15) is 14.3 Å². The van der Waals surface area contributed by atoms with Crippen LogP contribution in [0.15, 0.2) is 42.5 Å². The summed E-state index contributed by atoms with van der Waals surface area (Å²) in [5, 5.41) is 9.35. The van der Waals surface area contributed by atoms with Crippen molar-refractivity contribution >= 4 is 5.97 Å². The van der Waals surface area contributed by atoms with Crippen LogP contribution in [0.3, 0.4) is 0 Å². The SMILES string of the molecule is COC(=O)c1cccc(-c2cc(O)cc(F)c2)c1. The summed E-state index contributed by atoms with van der Waals surface area (Å²) in [6.45, 7) is 0. The Kier molecular flexibility index (Phi) is 3.28. The number of hydrogen-bond acceptors (Lipinski definition) is 3. The fraction of sp³-hybridized carbons (Fsp3) is 0.0714. The van der Waals surface area contributed by atoms with Crippen LogP contribution in [-0.2, 0) is 4.74 Å². The van der Waals surface area contributed by atoms with Gasteiger partial charge in [-0.05, 0) is 35.4 Å². The van der Waals surface area contributed by atoms with E-state index in [1.165, 1.54) is 19.2 Å². The third kappa shape index (κ3) is 2.48. The molecule has 0 radical (unpaired) electrons. The fourth-order valence-corrected chi connectivity index (χ4v) is 1.68. The summed E-state index contributed by atoms with van der Waals surface area (Å²) in [4.78, 5) is 11.4. The highest BCUT2D eigenvalue weighted by molar-refractivity contribution is 5.91. The minimum atomic E-state index is -0.534.